The molecule has 0 saturated heterocycles. The highest BCUT2D eigenvalue weighted by Crippen LogP contribution is 2.43. The number of carbonyl (C=O) groups excluding carboxylic acids is 2. The third-order valence-electron chi connectivity index (χ3n) is 6.81. The number of ketones is 1. The highest BCUT2D eigenvalue weighted by atomic mass is 32.1. The summed E-state index contributed by atoms with van der Waals surface area (Å²) in [4.78, 5) is 28.8. The molecule has 5 nitrogen and oxygen atoms in total. The molecule has 1 aliphatic heterocycles. The summed E-state index contributed by atoms with van der Waals surface area (Å²) < 4.78 is 25.3. The molecule has 204 valence electrons. The van der Waals surface area contributed by atoms with Crippen molar-refractivity contribution in [3.8, 4) is 22.6 Å². The van der Waals surface area contributed by atoms with Gasteiger partial charge in [0.15, 0.2) is 5.78 Å². The molecule has 40 heavy (non-hydrogen) atoms. The molecule has 4 aromatic rings. The number of Topliss-reactive ketones (excluding diaryl/α,β-unsaturated/α-hetero) is 1. The van der Waals surface area contributed by atoms with E-state index < -0.39 is 11.8 Å². The Kier molecular flexibility index (Phi) is 7.34. The van der Waals surface area contributed by atoms with Crippen LogP contribution in [0.4, 0.5) is 10.1 Å². The smallest absolute Gasteiger partial charge is 0.346 e. The molecule has 0 aliphatic carbocycles. The van der Waals surface area contributed by atoms with Crippen molar-refractivity contribution >= 4 is 34.3 Å². The summed E-state index contributed by atoms with van der Waals surface area (Å²) in [6, 6.07) is 18.5. The van der Waals surface area contributed by atoms with Crippen molar-refractivity contribution in [1.29, 1.82) is 0 Å². The van der Waals surface area contributed by atoms with E-state index in [1.54, 1.807) is 35.6 Å². The zero-order valence-corrected chi connectivity index (χ0v) is 23.9. The number of ether oxygens (including phenoxy) is 2. The van der Waals surface area contributed by atoms with Gasteiger partial charge in [0.1, 0.15) is 17.3 Å². The number of benzene rings is 3. The fourth-order valence-corrected chi connectivity index (χ4v) is 6.09. The van der Waals surface area contributed by atoms with Crippen molar-refractivity contribution in [2.75, 3.05) is 12.4 Å². The molecule has 0 bridgehead atoms. The molecule has 0 radical (unpaired) electrons. The lowest BCUT2D eigenvalue weighted by Gasteiger charge is -2.33. The first-order valence-corrected chi connectivity index (χ1v) is 13.8. The maximum atomic E-state index is 14.1. The molecule has 2 heterocycles. The van der Waals surface area contributed by atoms with Gasteiger partial charge in [0.05, 0.1) is 18.2 Å². The molecule has 0 atom stereocenters. The molecule has 0 saturated carbocycles. The number of esters is 1. The summed E-state index contributed by atoms with van der Waals surface area (Å²) >= 11 is 1.61. The van der Waals surface area contributed by atoms with Gasteiger partial charge in [0, 0.05) is 44.6 Å². The van der Waals surface area contributed by atoms with Crippen LogP contribution in [0, 0.1) is 12.7 Å². The van der Waals surface area contributed by atoms with Crippen LogP contribution >= 0.6 is 11.3 Å². The topological polar surface area (TPSA) is 64.6 Å². The lowest BCUT2D eigenvalue weighted by Crippen LogP contribution is -2.32. The minimum Gasteiger partial charge on any atom is -0.496 e. The Balaban J connectivity index is 1.59. The van der Waals surface area contributed by atoms with E-state index in [0.717, 1.165) is 32.1 Å². The van der Waals surface area contributed by atoms with Crippen molar-refractivity contribution < 1.29 is 23.5 Å². The van der Waals surface area contributed by atoms with Gasteiger partial charge in [-0.1, -0.05) is 24.3 Å². The van der Waals surface area contributed by atoms with E-state index in [2.05, 4.69) is 25.2 Å². The molecule has 7 heteroatoms. The van der Waals surface area contributed by atoms with Gasteiger partial charge in [-0.05, 0) is 81.3 Å². The average molecular weight is 556 g/mol. The number of carbonyl (C=O) groups is 2. The first-order chi connectivity index (χ1) is 19.1. The summed E-state index contributed by atoms with van der Waals surface area (Å²) in [6.45, 7) is 8.24. The third-order valence-corrected chi connectivity index (χ3v) is 7.81. The van der Waals surface area contributed by atoms with Crippen molar-refractivity contribution in [3.05, 3.63) is 105 Å². The predicted molar refractivity (Wildman–Crippen MR) is 158 cm³/mol. The second kappa shape index (κ2) is 10.7. The van der Waals surface area contributed by atoms with E-state index in [9.17, 15) is 14.0 Å². The molecule has 5 rings (SSSR count). The van der Waals surface area contributed by atoms with E-state index >= 15 is 0 Å². The number of methoxy groups -OCH3 is 1. The predicted octanol–water partition coefficient (Wildman–Crippen LogP) is 8.12. The van der Waals surface area contributed by atoms with Crippen molar-refractivity contribution in [1.82, 2.24) is 0 Å². The Bertz CT molecular complexity index is 1670. The number of halogens is 1. The average Bonchev–Trinajstić information content (AvgIpc) is 3.31. The van der Waals surface area contributed by atoms with Crippen LogP contribution in [0.3, 0.4) is 0 Å². The Morgan fingerprint density at radius 2 is 1.73 bits per heavy atom. The molecule has 0 spiro atoms. The maximum Gasteiger partial charge on any atom is 0.346 e. The van der Waals surface area contributed by atoms with Gasteiger partial charge in [0.25, 0.3) is 0 Å². The molecule has 0 unspecified atom stereocenters. The van der Waals surface area contributed by atoms with Crippen LogP contribution in [-0.2, 0) is 6.42 Å². The first-order valence-electron chi connectivity index (χ1n) is 12.9. The SMILES string of the molecule is COc1cc(OC(=O)c2ccccc2F)ccc1-c1ccc2c(c1C(=O)Cc1ccc(C)s1)C(C)=CC(C)(C)N2. The van der Waals surface area contributed by atoms with Crippen LogP contribution in [0.2, 0.25) is 0 Å². The summed E-state index contributed by atoms with van der Waals surface area (Å²) in [7, 11) is 1.52. The van der Waals surface area contributed by atoms with Crippen LogP contribution in [0.5, 0.6) is 11.5 Å². The fourth-order valence-electron chi connectivity index (χ4n) is 5.20. The molecule has 3 aromatic carbocycles. The number of aryl methyl sites for hydroxylation is 1. The number of fused-ring (bicyclic) bond motifs is 1. The number of nitrogens with one attached hydrogen (secondary N) is 1. The molecule has 1 aliphatic rings. The van der Waals surface area contributed by atoms with Crippen molar-refractivity contribution in [2.45, 2.75) is 39.7 Å². The largest absolute Gasteiger partial charge is 0.496 e. The van der Waals surface area contributed by atoms with E-state index in [0.29, 0.717) is 16.9 Å². The third kappa shape index (κ3) is 5.42. The number of rotatable bonds is 7. The normalized spacial score (nSPS) is 13.6. The highest BCUT2D eigenvalue weighted by Gasteiger charge is 2.29. The van der Waals surface area contributed by atoms with Gasteiger partial charge in [-0.2, -0.15) is 0 Å². The zero-order valence-electron chi connectivity index (χ0n) is 23.1. The molecule has 1 N–H and O–H groups in total. The van der Waals surface area contributed by atoms with Gasteiger partial charge in [-0.3, -0.25) is 4.79 Å². The lowest BCUT2D eigenvalue weighted by molar-refractivity contribution is 0.0729. The second-order valence-electron chi connectivity index (χ2n) is 10.4. The lowest BCUT2D eigenvalue weighted by atomic mass is 9.83. The Hall–Kier alpha value is -4.23. The van der Waals surface area contributed by atoms with Gasteiger partial charge < -0.3 is 14.8 Å². The first kappa shape index (κ1) is 27.3. The number of hydrogen-bond acceptors (Lipinski definition) is 6. The number of hydrogen-bond donors (Lipinski definition) is 1. The van der Waals surface area contributed by atoms with Gasteiger partial charge in [-0.25, -0.2) is 9.18 Å². The fraction of sp³-hybridized carbons (Fsp3) is 0.212. The van der Waals surface area contributed by atoms with E-state index in [1.165, 1.54) is 25.3 Å². The van der Waals surface area contributed by atoms with Crippen LogP contribution < -0.4 is 14.8 Å². The minimum atomic E-state index is -0.807. The summed E-state index contributed by atoms with van der Waals surface area (Å²) in [5, 5.41) is 3.54. The quantitative estimate of drug-likeness (QED) is 0.142. The summed E-state index contributed by atoms with van der Waals surface area (Å²) in [5.41, 5.74) is 4.37. The van der Waals surface area contributed by atoms with Gasteiger partial charge in [-0.15, -0.1) is 11.3 Å². The second-order valence-corrected chi connectivity index (χ2v) is 11.8. The van der Waals surface area contributed by atoms with Gasteiger partial charge >= 0.3 is 5.97 Å². The van der Waals surface area contributed by atoms with Crippen LogP contribution in [0.1, 0.15) is 56.8 Å². The number of anilines is 1. The highest BCUT2D eigenvalue weighted by molar-refractivity contribution is 7.12. The molecular weight excluding hydrogens is 525 g/mol. The summed E-state index contributed by atoms with van der Waals surface area (Å²) in [5.74, 6) is -0.841. The molecule has 1 aromatic heterocycles. The number of allylic oxidation sites excluding steroid dienone is 1. The van der Waals surface area contributed by atoms with Crippen molar-refractivity contribution in [3.63, 3.8) is 0 Å². The van der Waals surface area contributed by atoms with E-state index in [1.807, 2.05) is 38.1 Å². The summed E-state index contributed by atoms with van der Waals surface area (Å²) in [6.07, 6.45) is 2.41. The van der Waals surface area contributed by atoms with Crippen molar-refractivity contribution in [2.24, 2.45) is 0 Å². The Morgan fingerprint density at radius 3 is 2.42 bits per heavy atom. The van der Waals surface area contributed by atoms with Crippen LogP contribution in [0.25, 0.3) is 16.7 Å². The maximum absolute atomic E-state index is 14.1. The zero-order chi connectivity index (χ0) is 28.6. The monoisotopic (exact) mass is 555 g/mol. The minimum absolute atomic E-state index is 0.0000614. The Morgan fingerprint density at radius 1 is 0.975 bits per heavy atom. The standard InChI is InChI=1S/C33H30FNO4S/c1-19-18-33(3,4)35-27-15-14-24(31(30(19)27)28(36)17-22-12-10-20(2)40-22)23-13-11-21(16-29(23)38-5)39-32(37)25-8-6-7-9-26(25)34/h6-16,18,35H,17H2,1-5H3. The van der Waals surface area contributed by atoms with Crippen LogP contribution in [-0.4, -0.2) is 24.4 Å². The van der Waals surface area contributed by atoms with Crippen LogP contribution in [0.15, 0.2) is 72.8 Å². The molecule has 0 amide bonds. The number of thiophene rings is 1. The van der Waals surface area contributed by atoms with E-state index in [4.69, 9.17) is 9.47 Å². The Labute approximate surface area is 237 Å². The van der Waals surface area contributed by atoms with E-state index in [-0.39, 0.29) is 29.1 Å². The van der Waals surface area contributed by atoms with Gasteiger partial charge in [0.2, 0.25) is 0 Å². The molecular formula is C33H30FNO4S. The molecule has 0 fully saturated rings.